The number of rotatable bonds is 2. The molecule has 1 aromatic rings. The zero-order chi connectivity index (χ0) is 8.27. The van der Waals surface area contributed by atoms with Crippen molar-refractivity contribution >= 4 is 29.0 Å². The van der Waals surface area contributed by atoms with Gasteiger partial charge in [0.25, 0.3) is 0 Å². The molecule has 0 unspecified atom stereocenters. The van der Waals surface area contributed by atoms with Crippen molar-refractivity contribution in [1.29, 1.82) is 0 Å². The molecule has 11 heavy (non-hydrogen) atoms. The van der Waals surface area contributed by atoms with Gasteiger partial charge in [0.15, 0.2) is 0 Å². The fourth-order valence-corrected chi connectivity index (χ4v) is 1.02. The first-order chi connectivity index (χ1) is 5.24. The summed E-state index contributed by atoms with van der Waals surface area (Å²) in [7, 11) is 1.63. The lowest BCUT2D eigenvalue weighted by Crippen LogP contribution is -1.87. The van der Waals surface area contributed by atoms with Crippen LogP contribution in [0.2, 0.25) is 0 Å². The maximum Gasteiger partial charge on any atom is 0.118 e. The lowest BCUT2D eigenvalue weighted by atomic mass is 10.2. The van der Waals surface area contributed by atoms with Gasteiger partial charge in [0.2, 0.25) is 0 Å². The topological polar surface area (TPSA) is 9.23 Å². The maximum atomic E-state index is 4.98. The molecule has 0 saturated heterocycles. The van der Waals surface area contributed by atoms with Crippen molar-refractivity contribution in [1.82, 2.24) is 0 Å². The van der Waals surface area contributed by atoms with E-state index in [0.717, 1.165) is 11.3 Å². The molecule has 0 heterocycles. The molecule has 0 radical (unpaired) electrons. The largest absolute Gasteiger partial charge is 0.497 e. The molecular weight excluding hydrogens is 176 g/mol. The Morgan fingerprint density at radius 2 is 1.91 bits per heavy atom. The van der Waals surface area contributed by atoms with Crippen LogP contribution in [-0.2, 0) is 0 Å². The van der Waals surface area contributed by atoms with E-state index < -0.39 is 0 Å². The van der Waals surface area contributed by atoms with Crippen LogP contribution in [0.1, 0.15) is 5.56 Å². The van der Waals surface area contributed by atoms with Crippen LogP contribution in [0.4, 0.5) is 0 Å². The van der Waals surface area contributed by atoms with Gasteiger partial charge in [-0.2, -0.15) is 0 Å². The summed E-state index contributed by atoms with van der Waals surface area (Å²) in [6.07, 6.45) is 0. The Hall–Kier alpha value is -0.540. The fraction of sp³-hybridized carbons (Fsp3) is 0.125. The minimum Gasteiger partial charge on any atom is -0.497 e. The van der Waals surface area contributed by atoms with Gasteiger partial charge in [0.05, 0.1) is 11.3 Å². The third-order valence-electron chi connectivity index (χ3n) is 1.34. The van der Waals surface area contributed by atoms with Crippen LogP contribution in [0, 0.1) is 0 Å². The molecule has 1 nitrogen and oxygen atoms in total. The smallest absolute Gasteiger partial charge is 0.118 e. The van der Waals surface area contributed by atoms with E-state index in [4.69, 9.17) is 17.0 Å². The number of thiol groups is 1. The van der Waals surface area contributed by atoms with Gasteiger partial charge in [0, 0.05) is 0 Å². The van der Waals surface area contributed by atoms with E-state index in [-0.39, 0.29) is 0 Å². The Morgan fingerprint density at radius 3 is 2.27 bits per heavy atom. The molecule has 1 rings (SSSR count). The van der Waals surface area contributed by atoms with E-state index in [1.165, 1.54) is 0 Å². The average Bonchev–Trinajstić information content (AvgIpc) is 2.05. The van der Waals surface area contributed by atoms with E-state index >= 15 is 0 Å². The van der Waals surface area contributed by atoms with Gasteiger partial charge in [-0.1, -0.05) is 12.2 Å². The van der Waals surface area contributed by atoms with Crippen LogP contribution < -0.4 is 4.74 Å². The van der Waals surface area contributed by atoms with Crippen LogP contribution in [0.15, 0.2) is 24.3 Å². The van der Waals surface area contributed by atoms with Crippen molar-refractivity contribution < 1.29 is 4.74 Å². The third-order valence-corrected chi connectivity index (χ3v) is 1.83. The van der Waals surface area contributed by atoms with Gasteiger partial charge in [0.1, 0.15) is 5.75 Å². The van der Waals surface area contributed by atoms with Crippen LogP contribution in [0.5, 0.6) is 5.75 Å². The first kappa shape index (κ1) is 8.56. The predicted molar refractivity (Wildman–Crippen MR) is 53.7 cm³/mol. The molecule has 0 spiro atoms. The van der Waals surface area contributed by atoms with Gasteiger partial charge in [-0.25, -0.2) is 0 Å². The van der Waals surface area contributed by atoms with Crippen LogP contribution in [0.25, 0.3) is 0 Å². The van der Waals surface area contributed by atoms with Crippen molar-refractivity contribution in [2.75, 3.05) is 7.11 Å². The molecular formula is C8H8OS2. The molecule has 0 aliphatic carbocycles. The Morgan fingerprint density at radius 1 is 1.36 bits per heavy atom. The zero-order valence-electron chi connectivity index (χ0n) is 6.07. The maximum absolute atomic E-state index is 4.98. The third kappa shape index (κ3) is 2.20. The summed E-state index contributed by atoms with van der Waals surface area (Å²) in [6.45, 7) is 0. The van der Waals surface area contributed by atoms with E-state index in [9.17, 15) is 0 Å². The second kappa shape index (κ2) is 3.74. The van der Waals surface area contributed by atoms with Crippen molar-refractivity contribution in [3.8, 4) is 5.75 Å². The second-order valence-electron chi connectivity index (χ2n) is 2.03. The van der Waals surface area contributed by atoms with Gasteiger partial charge in [-0.05, 0) is 29.8 Å². The van der Waals surface area contributed by atoms with E-state index in [1.54, 1.807) is 7.11 Å². The highest BCUT2D eigenvalue weighted by Gasteiger charge is 1.94. The Bertz CT molecular complexity index is 253. The first-order valence-electron chi connectivity index (χ1n) is 3.11. The molecule has 0 amide bonds. The normalized spacial score (nSPS) is 9.27. The van der Waals surface area contributed by atoms with Crippen LogP contribution in [-0.4, -0.2) is 11.3 Å². The Balaban J connectivity index is 2.91. The molecule has 0 N–H and O–H groups in total. The summed E-state index contributed by atoms with van der Waals surface area (Å²) in [5.41, 5.74) is 0.948. The molecule has 0 atom stereocenters. The molecule has 1 aromatic carbocycles. The molecule has 0 aliphatic heterocycles. The highest BCUT2D eigenvalue weighted by molar-refractivity contribution is 8.11. The van der Waals surface area contributed by atoms with Gasteiger partial charge in [-0.15, -0.1) is 12.6 Å². The number of thiocarbonyl (C=S) groups is 1. The molecule has 0 saturated carbocycles. The van der Waals surface area contributed by atoms with E-state index in [2.05, 4.69) is 12.6 Å². The number of hydrogen-bond donors (Lipinski definition) is 1. The summed E-state index contributed by atoms with van der Waals surface area (Å²) in [6, 6.07) is 7.48. The molecule has 3 heteroatoms. The monoisotopic (exact) mass is 184 g/mol. The van der Waals surface area contributed by atoms with Crippen LogP contribution >= 0.6 is 24.8 Å². The highest BCUT2D eigenvalue weighted by Crippen LogP contribution is 2.12. The highest BCUT2D eigenvalue weighted by atomic mass is 32.1. The number of ether oxygens (including phenoxy) is 1. The molecule has 0 aliphatic rings. The Labute approximate surface area is 76.8 Å². The van der Waals surface area contributed by atoms with Crippen molar-refractivity contribution in [3.05, 3.63) is 29.8 Å². The lowest BCUT2D eigenvalue weighted by molar-refractivity contribution is 0.415. The quantitative estimate of drug-likeness (QED) is 0.558. The summed E-state index contributed by atoms with van der Waals surface area (Å²) in [5, 5.41) is 0. The minimum atomic E-state index is 0.604. The number of hydrogen-bond acceptors (Lipinski definition) is 2. The fourth-order valence-electron chi connectivity index (χ4n) is 0.734. The minimum absolute atomic E-state index is 0.604. The van der Waals surface area contributed by atoms with Gasteiger partial charge < -0.3 is 4.74 Å². The second-order valence-corrected chi connectivity index (χ2v) is 3.19. The van der Waals surface area contributed by atoms with Crippen molar-refractivity contribution in [2.45, 2.75) is 0 Å². The summed E-state index contributed by atoms with van der Waals surface area (Å²) < 4.78 is 5.59. The molecule has 0 aromatic heterocycles. The average molecular weight is 184 g/mol. The number of benzene rings is 1. The van der Waals surface area contributed by atoms with E-state index in [1.807, 2.05) is 24.3 Å². The zero-order valence-corrected chi connectivity index (χ0v) is 7.78. The summed E-state index contributed by atoms with van der Waals surface area (Å²) in [5.74, 6) is 0.832. The first-order valence-corrected chi connectivity index (χ1v) is 3.97. The SMILES string of the molecule is COc1ccc(C(=S)S)cc1. The molecule has 58 valence electrons. The molecule has 0 bridgehead atoms. The van der Waals surface area contributed by atoms with Crippen molar-refractivity contribution in [3.63, 3.8) is 0 Å². The number of methoxy groups -OCH3 is 1. The van der Waals surface area contributed by atoms with Gasteiger partial charge >= 0.3 is 0 Å². The molecule has 0 fully saturated rings. The summed E-state index contributed by atoms with van der Waals surface area (Å²) in [4.78, 5) is 0. The Kier molecular flexibility index (Phi) is 2.91. The van der Waals surface area contributed by atoms with Crippen molar-refractivity contribution in [2.24, 2.45) is 0 Å². The summed E-state index contributed by atoms with van der Waals surface area (Å²) >= 11 is 8.91. The predicted octanol–water partition coefficient (Wildman–Crippen LogP) is 2.30. The van der Waals surface area contributed by atoms with Crippen LogP contribution in [0.3, 0.4) is 0 Å². The van der Waals surface area contributed by atoms with E-state index in [0.29, 0.717) is 4.20 Å². The van der Waals surface area contributed by atoms with Gasteiger partial charge in [-0.3, -0.25) is 0 Å². The lowest BCUT2D eigenvalue weighted by Gasteiger charge is -1.99. The standard InChI is InChI=1S/C8H8OS2/c1-9-7-4-2-6(3-5-7)8(10)11/h2-5H,1H3,(H,10,11).